The largest absolute Gasteiger partial charge is 0.388 e. The number of nitrogens with one attached hydrogen (secondary N) is 1. The van der Waals surface area contributed by atoms with Gasteiger partial charge in [-0.2, -0.15) is 0 Å². The Morgan fingerprint density at radius 2 is 1.64 bits per heavy atom. The van der Waals surface area contributed by atoms with Gasteiger partial charge in [-0.25, -0.2) is 5.48 Å². The van der Waals surface area contributed by atoms with E-state index >= 15 is 0 Å². The van der Waals surface area contributed by atoms with Crippen molar-refractivity contribution in [3.8, 4) is 11.1 Å². The molecule has 134 valence electrons. The number of thioether (sulfide) groups is 1. The van der Waals surface area contributed by atoms with Gasteiger partial charge in [0, 0.05) is 11.3 Å². The highest BCUT2D eigenvalue weighted by Gasteiger charge is 2.08. The maximum atomic E-state index is 10.9. The molecule has 0 radical (unpaired) electrons. The summed E-state index contributed by atoms with van der Waals surface area (Å²) in [6.07, 6.45) is 1.71. The zero-order valence-electron chi connectivity index (χ0n) is 14.4. The maximum absolute atomic E-state index is 10.9. The fourth-order valence-electron chi connectivity index (χ4n) is 2.65. The summed E-state index contributed by atoms with van der Waals surface area (Å²) in [5.41, 5.74) is 4.79. The van der Waals surface area contributed by atoms with Crippen LogP contribution in [-0.4, -0.2) is 22.0 Å². The highest BCUT2D eigenvalue weighted by Crippen LogP contribution is 2.26. The molecule has 5 heteroatoms. The molecule has 2 aromatic carbocycles. The van der Waals surface area contributed by atoms with Crippen molar-refractivity contribution in [2.45, 2.75) is 43.6 Å². The summed E-state index contributed by atoms with van der Waals surface area (Å²) >= 11 is 1.83. The van der Waals surface area contributed by atoms with Crippen LogP contribution in [0.25, 0.3) is 11.1 Å². The molecule has 1 unspecified atom stereocenters. The molecule has 3 N–H and O–H groups in total. The highest BCUT2D eigenvalue weighted by atomic mass is 32.2. The number of benzene rings is 2. The first-order valence-corrected chi connectivity index (χ1v) is 9.56. The highest BCUT2D eigenvalue weighted by molar-refractivity contribution is 7.99. The van der Waals surface area contributed by atoms with E-state index < -0.39 is 6.10 Å². The Morgan fingerprint density at radius 1 is 1.04 bits per heavy atom. The van der Waals surface area contributed by atoms with E-state index in [1.165, 1.54) is 4.90 Å². The van der Waals surface area contributed by atoms with Crippen LogP contribution < -0.4 is 5.48 Å². The average Bonchev–Trinajstić information content (AvgIpc) is 2.66. The van der Waals surface area contributed by atoms with Crippen LogP contribution in [0.3, 0.4) is 0 Å². The van der Waals surface area contributed by atoms with Crippen LogP contribution in [0.1, 0.15) is 44.3 Å². The molecule has 0 heterocycles. The monoisotopic (exact) mass is 359 g/mol. The van der Waals surface area contributed by atoms with Gasteiger partial charge in [0.1, 0.15) is 0 Å². The molecule has 0 saturated heterocycles. The van der Waals surface area contributed by atoms with Gasteiger partial charge in [-0.3, -0.25) is 10.0 Å². The smallest absolute Gasteiger partial charge is 0.243 e. The van der Waals surface area contributed by atoms with Crippen molar-refractivity contribution in [2.24, 2.45) is 0 Å². The van der Waals surface area contributed by atoms with Gasteiger partial charge < -0.3 is 5.11 Å². The number of rotatable bonds is 9. The number of carbonyl (C=O) groups excluding carboxylic acids is 1. The Balaban J connectivity index is 1.89. The fraction of sp³-hybridized carbons (Fsp3) is 0.350. The van der Waals surface area contributed by atoms with Gasteiger partial charge in [0.15, 0.2) is 0 Å². The van der Waals surface area contributed by atoms with Crippen LogP contribution in [0.5, 0.6) is 0 Å². The number of hydrogen-bond donors (Lipinski definition) is 3. The molecule has 0 aliphatic carbocycles. The first-order valence-electron chi connectivity index (χ1n) is 8.58. The molecule has 0 fully saturated rings. The number of amides is 1. The van der Waals surface area contributed by atoms with Crippen molar-refractivity contribution in [3.63, 3.8) is 0 Å². The minimum absolute atomic E-state index is 0.272. The van der Waals surface area contributed by atoms with Crippen molar-refractivity contribution in [1.29, 1.82) is 0 Å². The second-order valence-corrected chi connectivity index (χ2v) is 7.21. The number of aliphatic hydroxyl groups is 1. The molecule has 2 rings (SSSR count). The van der Waals surface area contributed by atoms with Gasteiger partial charge in [-0.05, 0) is 47.4 Å². The number of aliphatic hydroxyl groups excluding tert-OH is 1. The molecule has 0 aliphatic rings. The number of unbranched alkanes of at least 4 members (excludes halogenated alkanes) is 1. The summed E-state index contributed by atoms with van der Waals surface area (Å²) in [5, 5.41) is 18.7. The number of hydroxylamine groups is 1. The molecule has 0 saturated carbocycles. The second kappa shape index (κ2) is 10.2. The van der Waals surface area contributed by atoms with Crippen LogP contribution in [0.2, 0.25) is 0 Å². The van der Waals surface area contributed by atoms with Crippen LogP contribution >= 0.6 is 11.8 Å². The van der Waals surface area contributed by atoms with Gasteiger partial charge in [-0.15, -0.1) is 11.8 Å². The molecular weight excluding hydrogens is 334 g/mol. The van der Waals surface area contributed by atoms with Gasteiger partial charge in [0.25, 0.3) is 0 Å². The van der Waals surface area contributed by atoms with E-state index in [-0.39, 0.29) is 12.3 Å². The summed E-state index contributed by atoms with van der Waals surface area (Å²) in [6.45, 7) is 2.14. The van der Waals surface area contributed by atoms with Crippen molar-refractivity contribution in [1.82, 2.24) is 5.48 Å². The zero-order chi connectivity index (χ0) is 18.1. The van der Waals surface area contributed by atoms with Gasteiger partial charge >= 0.3 is 0 Å². The molecule has 0 aromatic heterocycles. The third-order valence-corrected chi connectivity index (χ3v) is 4.94. The molecule has 2 aromatic rings. The van der Waals surface area contributed by atoms with Crippen LogP contribution in [-0.2, 0) is 4.79 Å². The van der Waals surface area contributed by atoms with Crippen molar-refractivity contribution >= 4 is 17.7 Å². The summed E-state index contributed by atoms with van der Waals surface area (Å²) < 4.78 is 0. The predicted octanol–water partition coefficient (Wildman–Crippen LogP) is 4.56. The van der Waals surface area contributed by atoms with Crippen LogP contribution in [0.4, 0.5) is 0 Å². The van der Waals surface area contributed by atoms with E-state index in [9.17, 15) is 9.90 Å². The number of carbonyl (C=O) groups is 1. The Bertz CT molecular complexity index is 656. The third kappa shape index (κ3) is 6.20. The minimum Gasteiger partial charge on any atom is -0.388 e. The summed E-state index contributed by atoms with van der Waals surface area (Å²) in [4.78, 5) is 12.2. The van der Waals surface area contributed by atoms with Crippen molar-refractivity contribution < 1.29 is 15.1 Å². The van der Waals surface area contributed by atoms with Gasteiger partial charge in [0.2, 0.25) is 5.91 Å². The standard InChI is InChI=1S/C20H25NO3S/c1-2-25-18-13-11-16(12-14-18)15-7-9-17(10-8-15)19(22)5-3-4-6-20(23)21-24/h7-14,19,22,24H,2-6H2,1H3,(H,21,23). The minimum atomic E-state index is -0.533. The van der Waals surface area contributed by atoms with Crippen LogP contribution in [0, 0.1) is 0 Å². The molecule has 0 bridgehead atoms. The molecule has 0 aliphatic heterocycles. The first kappa shape index (κ1) is 19.5. The van der Waals surface area contributed by atoms with E-state index in [0.29, 0.717) is 12.8 Å². The maximum Gasteiger partial charge on any atom is 0.243 e. The Hall–Kier alpha value is -1.82. The summed E-state index contributed by atoms with van der Waals surface area (Å²) in [7, 11) is 0. The Labute approximate surface area is 153 Å². The van der Waals surface area contributed by atoms with E-state index in [1.807, 2.05) is 36.0 Å². The SMILES string of the molecule is CCSc1ccc(-c2ccc(C(O)CCCCC(=O)NO)cc2)cc1. The van der Waals surface area contributed by atoms with Crippen molar-refractivity contribution in [2.75, 3.05) is 5.75 Å². The quantitative estimate of drug-likeness (QED) is 0.266. The molecule has 0 spiro atoms. The van der Waals surface area contributed by atoms with Crippen molar-refractivity contribution in [3.05, 3.63) is 54.1 Å². The van der Waals surface area contributed by atoms with Gasteiger partial charge in [0.05, 0.1) is 6.10 Å². The zero-order valence-corrected chi connectivity index (χ0v) is 15.3. The lowest BCUT2D eigenvalue weighted by atomic mass is 9.99. The molecular formula is C20H25NO3S. The summed E-state index contributed by atoms with van der Waals surface area (Å²) in [5.74, 6) is 0.679. The second-order valence-electron chi connectivity index (χ2n) is 5.88. The lowest BCUT2D eigenvalue weighted by Gasteiger charge is -2.12. The lowest BCUT2D eigenvalue weighted by molar-refractivity contribution is -0.129. The lowest BCUT2D eigenvalue weighted by Crippen LogP contribution is -2.17. The predicted molar refractivity (Wildman–Crippen MR) is 102 cm³/mol. The molecule has 4 nitrogen and oxygen atoms in total. The third-order valence-electron chi connectivity index (χ3n) is 4.05. The van der Waals surface area contributed by atoms with Gasteiger partial charge in [-0.1, -0.05) is 49.7 Å². The Kier molecular flexibility index (Phi) is 7.98. The van der Waals surface area contributed by atoms with E-state index in [0.717, 1.165) is 28.9 Å². The normalized spacial score (nSPS) is 12.0. The number of hydrogen-bond acceptors (Lipinski definition) is 4. The first-order chi connectivity index (χ1) is 12.1. The van der Waals surface area contributed by atoms with E-state index in [4.69, 9.17) is 5.21 Å². The fourth-order valence-corrected chi connectivity index (χ4v) is 3.32. The molecule has 25 heavy (non-hydrogen) atoms. The van der Waals surface area contributed by atoms with Crippen LogP contribution in [0.15, 0.2) is 53.4 Å². The average molecular weight is 359 g/mol. The molecule has 1 atom stereocenters. The molecule has 1 amide bonds. The summed E-state index contributed by atoms with van der Waals surface area (Å²) in [6, 6.07) is 16.5. The van der Waals surface area contributed by atoms with E-state index in [2.05, 4.69) is 31.2 Å². The van der Waals surface area contributed by atoms with E-state index in [1.54, 1.807) is 5.48 Å². The topological polar surface area (TPSA) is 69.6 Å². The Morgan fingerprint density at radius 3 is 2.20 bits per heavy atom.